The Morgan fingerprint density at radius 2 is 1.89 bits per heavy atom. The summed E-state index contributed by atoms with van der Waals surface area (Å²) in [5.41, 5.74) is 1.01. The fourth-order valence-corrected chi connectivity index (χ4v) is 4.36. The van der Waals surface area contributed by atoms with Gasteiger partial charge < -0.3 is 10.1 Å². The van der Waals surface area contributed by atoms with Gasteiger partial charge in [-0.25, -0.2) is 0 Å². The maximum absolute atomic E-state index is 5.32. The Kier molecular flexibility index (Phi) is 5.34. The number of nitrogens with one attached hydrogen (secondary N) is 1. The fraction of sp³-hybridized carbons (Fsp3) is 0.231. The molecule has 102 valence electrons. The van der Waals surface area contributed by atoms with Gasteiger partial charge in [0.15, 0.2) is 0 Å². The molecule has 2 nitrogen and oxygen atoms in total. The second-order valence-corrected chi connectivity index (χ2v) is 8.18. The highest BCUT2D eigenvalue weighted by molar-refractivity contribution is 9.11. The van der Waals surface area contributed by atoms with Gasteiger partial charge in [0.1, 0.15) is 5.75 Å². The van der Waals surface area contributed by atoms with Crippen molar-refractivity contribution in [3.8, 4) is 5.75 Å². The minimum Gasteiger partial charge on any atom is -0.495 e. The van der Waals surface area contributed by atoms with Gasteiger partial charge in [0, 0.05) is 15.4 Å². The summed E-state index contributed by atoms with van der Waals surface area (Å²) in [6, 6.07) is 8.38. The van der Waals surface area contributed by atoms with Gasteiger partial charge in [-0.1, -0.05) is 0 Å². The molecule has 1 unspecified atom stereocenters. The van der Waals surface area contributed by atoms with E-state index in [1.54, 1.807) is 18.4 Å². The Bertz CT molecular complexity index is 585. The summed E-state index contributed by atoms with van der Waals surface area (Å²) in [5, 5.41) is 3.48. The smallest absolute Gasteiger partial charge is 0.135 e. The van der Waals surface area contributed by atoms with Gasteiger partial charge in [0.2, 0.25) is 0 Å². The van der Waals surface area contributed by atoms with Crippen LogP contribution in [0.4, 0.5) is 5.69 Å². The zero-order valence-corrected chi connectivity index (χ0v) is 15.9. The molecule has 0 aliphatic rings. The monoisotopic (exact) mass is 467 g/mol. The van der Waals surface area contributed by atoms with E-state index in [-0.39, 0.29) is 6.04 Å². The average molecular weight is 470 g/mol. The first-order valence-corrected chi connectivity index (χ1v) is 8.75. The molecule has 0 bridgehead atoms. The highest BCUT2D eigenvalue weighted by Gasteiger charge is 2.12. The Labute approximate surface area is 141 Å². The molecule has 0 spiro atoms. The molecule has 0 fully saturated rings. The lowest BCUT2D eigenvalue weighted by molar-refractivity contribution is 0.412. The summed E-state index contributed by atoms with van der Waals surface area (Å²) in [7, 11) is 1.66. The largest absolute Gasteiger partial charge is 0.495 e. The second kappa shape index (κ2) is 6.61. The topological polar surface area (TPSA) is 21.3 Å². The van der Waals surface area contributed by atoms with Crippen molar-refractivity contribution in [2.75, 3.05) is 12.4 Å². The van der Waals surface area contributed by atoms with Crippen LogP contribution >= 0.6 is 59.1 Å². The van der Waals surface area contributed by atoms with Crippen molar-refractivity contribution in [1.29, 1.82) is 0 Å². The average Bonchev–Trinajstić information content (AvgIpc) is 2.79. The van der Waals surface area contributed by atoms with Crippen molar-refractivity contribution in [2.45, 2.75) is 13.0 Å². The molecule has 1 heterocycles. The van der Waals surface area contributed by atoms with Crippen molar-refractivity contribution < 1.29 is 4.74 Å². The molecule has 1 atom stereocenters. The van der Waals surface area contributed by atoms with E-state index in [2.05, 4.69) is 72.2 Å². The van der Waals surface area contributed by atoms with Gasteiger partial charge in [-0.2, -0.15) is 0 Å². The van der Waals surface area contributed by atoms with Crippen LogP contribution < -0.4 is 10.1 Å². The lowest BCUT2D eigenvalue weighted by atomic mass is 10.2. The Morgan fingerprint density at radius 1 is 1.16 bits per heavy atom. The molecular weight excluding hydrogens is 458 g/mol. The Morgan fingerprint density at radius 3 is 2.47 bits per heavy atom. The number of rotatable bonds is 4. The first kappa shape index (κ1) is 15.4. The predicted molar refractivity (Wildman–Crippen MR) is 92.5 cm³/mol. The van der Waals surface area contributed by atoms with Crippen LogP contribution in [0.3, 0.4) is 0 Å². The zero-order valence-electron chi connectivity index (χ0n) is 10.3. The lowest BCUT2D eigenvalue weighted by Crippen LogP contribution is -2.05. The normalized spacial score (nSPS) is 12.3. The molecule has 0 aliphatic carbocycles. The number of benzene rings is 1. The van der Waals surface area contributed by atoms with Crippen LogP contribution in [-0.2, 0) is 0 Å². The van der Waals surface area contributed by atoms with E-state index in [1.165, 1.54) is 4.88 Å². The van der Waals surface area contributed by atoms with E-state index in [0.717, 1.165) is 24.2 Å². The minimum atomic E-state index is 0.235. The van der Waals surface area contributed by atoms with Crippen LogP contribution in [0.5, 0.6) is 5.75 Å². The third-order valence-corrected chi connectivity index (χ3v) is 5.72. The Balaban J connectivity index is 2.23. The van der Waals surface area contributed by atoms with E-state index in [9.17, 15) is 0 Å². The van der Waals surface area contributed by atoms with Crippen LogP contribution in [-0.4, -0.2) is 7.11 Å². The van der Waals surface area contributed by atoms with E-state index < -0.39 is 0 Å². The summed E-state index contributed by atoms with van der Waals surface area (Å²) in [6.07, 6.45) is 0. The molecule has 1 aromatic carbocycles. The van der Waals surface area contributed by atoms with Crippen molar-refractivity contribution in [3.05, 3.63) is 41.9 Å². The van der Waals surface area contributed by atoms with E-state index in [0.29, 0.717) is 0 Å². The summed E-state index contributed by atoms with van der Waals surface area (Å²) >= 11 is 12.3. The van der Waals surface area contributed by atoms with Crippen molar-refractivity contribution in [3.63, 3.8) is 0 Å². The summed E-state index contributed by atoms with van der Waals surface area (Å²) in [4.78, 5) is 1.28. The SMILES string of the molecule is COc1cc(NC(C)c2ccc(Br)s2)c(Br)cc1Br. The van der Waals surface area contributed by atoms with Crippen LogP contribution in [0, 0.1) is 0 Å². The van der Waals surface area contributed by atoms with Crippen LogP contribution in [0.15, 0.2) is 37.0 Å². The highest BCUT2D eigenvalue weighted by Crippen LogP contribution is 2.37. The van der Waals surface area contributed by atoms with Gasteiger partial charge >= 0.3 is 0 Å². The van der Waals surface area contributed by atoms with Crippen LogP contribution in [0.2, 0.25) is 0 Å². The van der Waals surface area contributed by atoms with E-state index >= 15 is 0 Å². The Hall–Kier alpha value is -0.0400. The molecule has 6 heteroatoms. The van der Waals surface area contributed by atoms with Gasteiger partial charge in [0.25, 0.3) is 0 Å². The standard InChI is InChI=1S/C13H12Br3NOS/c1-7(12-3-4-13(16)19-12)17-10-6-11(18-2)9(15)5-8(10)14/h3-7,17H,1-2H3. The molecule has 1 N–H and O–H groups in total. The molecule has 0 saturated heterocycles. The van der Waals surface area contributed by atoms with Crippen LogP contribution in [0.25, 0.3) is 0 Å². The number of methoxy groups -OCH3 is 1. The zero-order chi connectivity index (χ0) is 14.0. The van der Waals surface area contributed by atoms with E-state index in [4.69, 9.17) is 4.74 Å². The van der Waals surface area contributed by atoms with Gasteiger partial charge in [-0.05, 0) is 72.9 Å². The van der Waals surface area contributed by atoms with Crippen molar-refractivity contribution >= 4 is 64.8 Å². The number of halogens is 3. The highest BCUT2D eigenvalue weighted by atomic mass is 79.9. The summed E-state index contributed by atoms with van der Waals surface area (Å²) in [5.74, 6) is 0.810. The third-order valence-electron chi connectivity index (χ3n) is 2.63. The van der Waals surface area contributed by atoms with Gasteiger partial charge in [-0.15, -0.1) is 11.3 Å². The van der Waals surface area contributed by atoms with Crippen molar-refractivity contribution in [2.24, 2.45) is 0 Å². The molecule has 1 aromatic heterocycles. The molecule has 0 saturated carbocycles. The number of hydrogen-bond acceptors (Lipinski definition) is 3. The van der Waals surface area contributed by atoms with Crippen LogP contribution in [0.1, 0.15) is 17.8 Å². The first-order valence-electron chi connectivity index (χ1n) is 5.56. The maximum atomic E-state index is 5.32. The first-order chi connectivity index (χ1) is 9.01. The van der Waals surface area contributed by atoms with Gasteiger partial charge in [0.05, 0.1) is 27.1 Å². The molecule has 19 heavy (non-hydrogen) atoms. The lowest BCUT2D eigenvalue weighted by Gasteiger charge is -2.16. The molecule has 2 rings (SSSR count). The number of thiophene rings is 1. The molecule has 0 radical (unpaired) electrons. The minimum absolute atomic E-state index is 0.235. The molecule has 0 amide bonds. The number of hydrogen-bond donors (Lipinski definition) is 1. The predicted octanol–water partition coefficient (Wildman–Crippen LogP) is 6.22. The molecular formula is C13H12Br3NOS. The molecule has 2 aromatic rings. The summed E-state index contributed by atoms with van der Waals surface area (Å²) in [6.45, 7) is 2.14. The number of anilines is 1. The fourth-order valence-electron chi connectivity index (χ4n) is 1.66. The quantitative estimate of drug-likeness (QED) is 0.574. The van der Waals surface area contributed by atoms with Crippen molar-refractivity contribution in [1.82, 2.24) is 0 Å². The van der Waals surface area contributed by atoms with Gasteiger partial charge in [-0.3, -0.25) is 0 Å². The maximum Gasteiger partial charge on any atom is 0.135 e. The molecule has 0 aliphatic heterocycles. The number of ether oxygens (including phenoxy) is 1. The third kappa shape index (κ3) is 3.74. The summed E-state index contributed by atoms with van der Waals surface area (Å²) < 4.78 is 8.39. The van der Waals surface area contributed by atoms with E-state index in [1.807, 2.05) is 12.1 Å². The second-order valence-electron chi connectivity index (χ2n) is 3.97.